The summed E-state index contributed by atoms with van der Waals surface area (Å²) in [7, 11) is 0. The first-order chi connectivity index (χ1) is 22.9. The first-order valence-electron chi connectivity index (χ1n) is 16.0. The minimum Gasteiger partial charge on any atom is -0.473 e. The molecule has 48 heavy (non-hydrogen) atoms. The van der Waals surface area contributed by atoms with Gasteiger partial charge in [0.1, 0.15) is 24.4 Å². The van der Waals surface area contributed by atoms with Crippen molar-refractivity contribution in [2.24, 2.45) is 0 Å². The largest absolute Gasteiger partial charge is 0.473 e. The molecule has 6 rings (SSSR count). The fraction of sp³-hybridized carbons (Fsp3) is 0.308. The van der Waals surface area contributed by atoms with E-state index < -0.39 is 23.0 Å². The summed E-state index contributed by atoms with van der Waals surface area (Å²) in [6.45, 7) is 7.12. The molecule has 8 nitrogen and oxygen atoms in total. The van der Waals surface area contributed by atoms with Crippen molar-refractivity contribution in [3.8, 4) is 22.9 Å². The van der Waals surface area contributed by atoms with Gasteiger partial charge in [-0.3, -0.25) is 4.98 Å². The number of pyridine rings is 2. The van der Waals surface area contributed by atoms with E-state index in [9.17, 15) is 9.90 Å². The summed E-state index contributed by atoms with van der Waals surface area (Å²) in [4.78, 5) is 23.4. The van der Waals surface area contributed by atoms with Crippen LogP contribution in [0.15, 0.2) is 103 Å². The number of halogens is 1. The zero-order valence-electron chi connectivity index (χ0n) is 27.7. The highest BCUT2D eigenvalue weighted by atomic mass is 19.1. The smallest absolute Gasteiger partial charge is 0.410 e. The van der Waals surface area contributed by atoms with E-state index in [1.165, 1.54) is 11.8 Å². The molecular weight excluding hydrogens is 609 g/mol. The fourth-order valence-electron chi connectivity index (χ4n) is 5.88. The molecule has 5 aromatic rings. The van der Waals surface area contributed by atoms with E-state index in [4.69, 9.17) is 19.2 Å². The van der Waals surface area contributed by atoms with Crippen molar-refractivity contribution in [1.82, 2.24) is 14.9 Å². The van der Waals surface area contributed by atoms with Gasteiger partial charge in [0, 0.05) is 41.7 Å². The van der Waals surface area contributed by atoms with Crippen molar-refractivity contribution in [1.29, 1.82) is 0 Å². The number of carbonyl (C=O) groups is 1. The number of piperidine rings is 1. The van der Waals surface area contributed by atoms with Crippen molar-refractivity contribution in [3.05, 3.63) is 120 Å². The molecule has 3 heterocycles. The lowest BCUT2D eigenvalue weighted by atomic mass is 9.74. The van der Waals surface area contributed by atoms with Crippen LogP contribution in [0, 0.1) is 0 Å². The fourth-order valence-corrected chi connectivity index (χ4v) is 5.88. The van der Waals surface area contributed by atoms with Gasteiger partial charge in [-0.1, -0.05) is 66.7 Å². The lowest BCUT2D eigenvalue weighted by molar-refractivity contribution is -0.144. The molecule has 3 aromatic carbocycles. The third kappa shape index (κ3) is 7.26. The number of rotatable bonds is 8. The highest BCUT2D eigenvalue weighted by Gasteiger charge is 2.54. The van der Waals surface area contributed by atoms with Crippen LogP contribution in [-0.4, -0.2) is 50.4 Å². The van der Waals surface area contributed by atoms with Gasteiger partial charge in [-0.25, -0.2) is 9.18 Å². The summed E-state index contributed by atoms with van der Waals surface area (Å²) < 4.78 is 34.0. The SMILES string of the molecule is CC(C)(C)OC(=O)N1CCC(O)(c2ccc3ncc(-c4ccc(OCc5ccccc5)nc4OCc4ccccc4)cc3c2)C(C)(F)C1. The van der Waals surface area contributed by atoms with Gasteiger partial charge in [-0.05, 0) is 68.7 Å². The predicted molar refractivity (Wildman–Crippen MR) is 182 cm³/mol. The molecule has 1 saturated heterocycles. The molecule has 248 valence electrons. The maximum atomic E-state index is 16.3. The quantitative estimate of drug-likeness (QED) is 0.182. The Morgan fingerprint density at radius 2 is 1.58 bits per heavy atom. The molecule has 0 bridgehead atoms. The summed E-state index contributed by atoms with van der Waals surface area (Å²) in [6, 6.07) is 30.5. The van der Waals surface area contributed by atoms with Crippen LogP contribution < -0.4 is 9.47 Å². The van der Waals surface area contributed by atoms with Gasteiger partial charge in [0.05, 0.1) is 12.1 Å². The number of benzene rings is 3. The second-order valence-electron chi connectivity index (χ2n) is 13.4. The van der Waals surface area contributed by atoms with Gasteiger partial charge in [-0.2, -0.15) is 4.98 Å². The van der Waals surface area contributed by atoms with Crippen LogP contribution >= 0.6 is 0 Å². The Morgan fingerprint density at radius 1 is 0.917 bits per heavy atom. The highest BCUT2D eigenvalue weighted by molar-refractivity contribution is 5.85. The lowest BCUT2D eigenvalue weighted by Crippen LogP contribution is -2.60. The molecule has 2 unspecified atom stereocenters. The molecule has 1 N–H and O–H groups in total. The van der Waals surface area contributed by atoms with Crippen LogP contribution in [0.3, 0.4) is 0 Å². The summed E-state index contributed by atoms with van der Waals surface area (Å²) in [6.07, 6.45) is 1.15. The van der Waals surface area contributed by atoms with Crippen molar-refractivity contribution >= 4 is 17.0 Å². The zero-order chi connectivity index (χ0) is 33.9. The second-order valence-corrected chi connectivity index (χ2v) is 13.4. The number of nitrogens with zero attached hydrogens (tertiary/aromatic N) is 3. The standard InChI is InChI=1S/C39H40FN3O5/c1-37(2,3)48-36(44)43-20-19-39(45,38(4,40)26-43)31-15-17-33-29(22-31)21-30(23-41-33)32-16-18-34(46-24-27-11-7-5-8-12-27)42-35(32)47-25-28-13-9-6-10-14-28/h5-18,21-23,45H,19-20,24-26H2,1-4H3. The number of hydrogen-bond acceptors (Lipinski definition) is 7. The van der Waals surface area contributed by atoms with Crippen LogP contribution in [0.2, 0.25) is 0 Å². The third-order valence-electron chi connectivity index (χ3n) is 8.50. The first-order valence-corrected chi connectivity index (χ1v) is 16.0. The van der Waals surface area contributed by atoms with Crippen LogP contribution in [0.1, 0.15) is 50.8 Å². The number of fused-ring (bicyclic) bond motifs is 1. The maximum Gasteiger partial charge on any atom is 0.410 e. The molecule has 2 aromatic heterocycles. The van der Waals surface area contributed by atoms with Crippen molar-refractivity contribution in [2.45, 2.75) is 64.2 Å². The van der Waals surface area contributed by atoms with Crippen molar-refractivity contribution < 1.29 is 28.5 Å². The molecule has 1 aliphatic rings. The molecule has 9 heteroatoms. The highest BCUT2D eigenvalue weighted by Crippen LogP contribution is 2.44. The average Bonchev–Trinajstić information content (AvgIpc) is 3.07. The van der Waals surface area contributed by atoms with E-state index in [0.717, 1.165) is 16.7 Å². The van der Waals surface area contributed by atoms with Crippen LogP contribution in [0.25, 0.3) is 22.0 Å². The minimum absolute atomic E-state index is 0.00368. The van der Waals surface area contributed by atoms with Gasteiger partial charge in [0.2, 0.25) is 11.8 Å². The van der Waals surface area contributed by atoms with Crippen LogP contribution in [0.5, 0.6) is 11.8 Å². The molecule has 0 aliphatic carbocycles. The summed E-state index contributed by atoms with van der Waals surface area (Å²) in [5.41, 5.74) is -0.146. The average molecular weight is 650 g/mol. The normalized spacial score (nSPS) is 19.6. The molecule has 1 amide bonds. The number of likely N-dealkylation sites (tertiary alicyclic amines) is 1. The van der Waals surface area contributed by atoms with Crippen molar-refractivity contribution in [3.63, 3.8) is 0 Å². The van der Waals surface area contributed by atoms with E-state index in [1.807, 2.05) is 72.8 Å². The summed E-state index contributed by atoms with van der Waals surface area (Å²) in [5, 5.41) is 12.5. The van der Waals surface area contributed by atoms with Gasteiger partial charge < -0.3 is 24.2 Å². The molecule has 0 radical (unpaired) electrons. The van der Waals surface area contributed by atoms with E-state index in [2.05, 4.69) is 4.98 Å². The Balaban J connectivity index is 1.29. The Bertz CT molecular complexity index is 1900. The number of ether oxygens (including phenoxy) is 3. The Kier molecular flexibility index (Phi) is 9.07. The molecule has 0 saturated carbocycles. The van der Waals surface area contributed by atoms with E-state index in [0.29, 0.717) is 47.0 Å². The van der Waals surface area contributed by atoms with E-state index in [-0.39, 0.29) is 19.5 Å². The van der Waals surface area contributed by atoms with Gasteiger partial charge in [0.25, 0.3) is 0 Å². The van der Waals surface area contributed by atoms with E-state index in [1.54, 1.807) is 51.2 Å². The number of aliphatic hydroxyl groups is 1. The summed E-state index contributed by atoms with van der Waals surface area (Å²) in [5.74, 6) is 0.801. The lowest BCUT2D eigenvalue weighted by Gasteiger charge is -2.47. The molecule has 0 spiro atoms. The topological polar surface area (TPSA) is 94.0 Å². The van der Waals surface area contributed by atoms with Gasteiger partial charge in [-0.15, -0.1) is 0 Å². The first kappa shape index (κ1) is 32.9. The maximum absolute atomic E-state index is 16.3. The predicted octanol–water partition coefficient (Wildman–Crippen LogP) is 8.01. The third-order valence-corrected chi connectivity index (χ3v) is 8.50. The van der Waals surface area contributed by atoms with Crippen molar-refractivity contribution in [2.75, 3.05) is 13.1 Å². The van der Waals surface area contributed by atoms with E-state index >= 15 is 4.39 Å². The Morgan fingerprint density at radius 3 is 2.23 bits per heavy atom. The molecule has 2 atom stereocenters. The zero-order valence-corrected chi connectivity index (χ0v) is 27.7. The number of alkyl halides is 1. The number of amides is 1. The number of carbonyl (C=O) groups excluding carboxylic acids is 1. The van der Waals surface area contributed by atoms with Crippen LogP contribution in [-0.2, 0) is 23.6 Å². The van der Waals surface area contributed by atoms with Gasteiger partial charge in [0.15, 0.2) is 5.67 Å². The minimum atomic E-state index is -2.14. The van der Waals surface area contributed by atoms with Gasteiger partial charge >= 0.3 is 6.09 Å². The molecule has 1 aliphatic heterocycles. The molecular formula is C39H40FN3O5. The number of aromatic nitrogens is 2. The Labute approximate surface area is 280 Å². The summed E-state index contributed by atoms with van der Waals surface area (Å²) >= 11 is 0. The Hall–Kier alpha value is -5.02. The number of hydrogen-bond donors (Lipinski definition) is 1. The monoisotopic (exact) mass is 649 g/mol. The second kappa shape index (κ2) is 13.2. The molecule has 1 fully saturated rings. The van der Waals surface area contributed by atoms with Crippen LogP contribution in [0.4, 0.5) is 9.18 Å².